The first-order valence-corrected chi connectivity index (χ1v) is 8.08. The Morgan fingerprint density at radius 2 is 2.04 bits per heavy atom. The number of aryl methyl sites for hydroxylation is 1. The van der Waals surface area contributed by atoms with Crippen LogP contribution in [0.3, 0.4) is 0 Å². The van der Waals surface area contributed by atoms with Gasteiger partial charge in [-0.15, -0.1) is 0 Å². The Labute approximate surface area is 141 Å². The molecule has 0 saturated carbocycles. The summed E-state index contributed by atoms with van der Waals surface area (Å²) in [7, 11) is 1.86. The van der Waals surface area contributed by atoms with Gasteiger partial charge in [0.25, 0.3) is 0 Å². The Morgan fingerprint density at radius 3 is 2.71 bits per heavy atom. The van der Waals surface area contributed by atoms with Crippen molar-refractivity contribution in [1.29, 1.82) is 0 Å². The molecule has 0 aliphatic carbocycles. The number of carbonyl (C=O) groups excluding carboxylic acids is 1. The zero-order valence-corrected chi connectivity index (χ0v) is 13.9. The number of hydrogen-bond donors (Lipinski definition) is 1. The largest absolute Gasteiger partial charge is 0.463 e. The predicted molar refractivity (Wildman–Crippen MR) is 92.2 cm³/mol. The lowest BCUT2D eigenvalue weighted by Gasteiger charge is -2.14. The average Bonchev–Trinajstić information content (AvgIpc) is 3.24. The zero-order chi connectivity index (χ0) is 16.9. The number of carbonyl (C=O) groups is 1. The van der Waals surface area contributed by atoms with Crippen LogP contribution in [0.4, 0.5) is 0 Å². The van der Waals surface area contributed by atoms with Crippen LogP contribution in [0.15, 0.2) is 59.2 Å². The van der Waals surface area contributed by atoms with Gasteiger partial charge in [-0.2, -0.15) is 5.10 Å². The first kappa shape index (κ1) is 16.1. The summed E-state index contributed by atoms with van der Waals surface area (Å²) in [6, 6.07) is 15.5. The van der Waals surface area contributed by atoms with Crippen LogP contribution in [0.5, 0.6) is 0 Å². The molecule has 0 radical (unpaired) electrons. The second-order valence-corrected chi connectivity index (χ2v) is 5.71. The van der Waals surface area contributed by atoms with Gasteiger partial charge in [0.05, 0.1) is 24.4 Å². The van der Waals surface area contributed by atoms with Gasteiger partial charge < -0.3 is 9.73 Å². The fourth-order valence-corrected chi connectivity index (χ4v) is 2.83. The first-order chi connectivity index (χ1) is 11.7. The molecule has 2 aromatic heterocycles. The lowest BCUT2D eigenvalue weighted by molar-refractivity contribution is -0.122. The molecule has 0 aliphatic rings. The fourth-order valence-electron chi connectivity index (χ4n) is 2.83. The summed E-state index contributed by atoms with van der Waals surface area (Å²) in [5, 5.41) is 7.43. The van der Waals surface area contributed by atoms with Gasteiger partial charge in [-0.25, -0.2) is 0 Å². The molecule has 1 aromatic carbocycles. The van der Waals surface area contributed by atoms with Crippen molar-refractivity contribution in [3.8, 4) is 11.5 Å². The molecule has 1 atom stereocenters. The maximum atomic E-state index is 12.5. The van der Waals surface area contributed by atoms with Crippen LogP contribution < -0.4 is 5.32 Å². The highest BCUT2D eigenvalue weighted by atomic mass is 16.3. The van der Waals surface area contributed by atoms with Gasteiger partial charge in [-0.1, -0.05) is 37.3 Å². The molecule has 5 heteroatoms. The number of nitrogens with zero attached hydrogens (tertiary/aromatic N) is 2. The molecule has 3 aromatic rings. The third-order valence-electron chi connectivity index (χ3n) is 4.07. The summed E-state index contributed by atoms with van der Waals surface area (Å²) in [5.74, 6) is 0.645. The third-order valence-corrected chi connectivity index (χ3v) is 4.07. The van der Waals surface area contributed by atoms with E-state index in [0.29, 0.717) is 6.54 Å². The number of amides is 1. The highest BCUT2D eigenvalue weighted by Crippen LogP contribution is 2.21. The quantitative estimate of drug-likeness (QED) is 0.755. The second-order valence-electron chi connectivity index (χ2n) is 5.71. The molecule has 2 heterocycles. The van der Waals surface area contributed by atoms with E-state index >= 15 is 0 Å². The number of hydrogen-bond acceptors (Lipinski definition) is 3. The molecule has 0 bridgehead atoms. The van der Waals surface area contributed by atoms with Crippen molar-refractivity contribution in [2.24, 2.45) is 7.05 Å². The number of nitrogens with one attached hydrogen (secondary N) is 1. The van der Waals surface area contributed by atoms with Crippen molar-refractivity contribution in [1.82, 2.24) is 15.1 Å². The Morgan fingerprint density at radius 1 is 1.25 bits per heavy atom. The van der Waals surface area contributed by atoms with Crippen molar-refractivity contribution < 1.29 is 9.21 Å². The van der Waals surface area contributed by atoms with Crippen LogP contribution in [0.1, 0.15) is 30.5 Å². The van der Waals surface area contributed by atoms with Gasteiger partial charge in [0.15, 0.2) is 5.76 Å². The van der Waals surface area contributed by atoms with Gasteiger partial charge in [0, 0.05) is 7.05 Å². The number of rotatable bonds is 6. The van der Waals surface area contributed by atoms with Gasteiger partial charge in [0.1, 0.15) is 5.69 Å². The first-order valence-electron chi connectivity index (χ1n) is 8.08. The van der Waals surface area contributed by atoms with E-state index in [4.69, 9.17) is 4.42 Å². The lowest BCUT2D eigenvalue weighted by Crippen LogP contribution is -2.28. The summed E-state index contributed by atoms with van der Waals surface area (Å²) < 4.78 is 7.16. The Kier molecular flexibility index (Phi) is 4.79. The van der Waals surface area contributed by atoms with Gasteiger partial charge in [0.2, 0.25) is 5.91 Å². The maximum absolute atomic E-state index is 12.5. The van der Waals surface area contributed by atoms with Crippen molar-refractivity contribution in [3.05, 3.63) is 66.1 Å². The number of aromatic nitrogens is 2. The maximum Gasteiger partial charge on any atom is 0.227 e. The molecule has 0 spiro atoms. The van der Waals surface area contributed by atoms with Crippen molar-refractivity contribution in [3.63, 3.8) is 0 Å². The van der Waals surface area contributed by atoms with E-state index in [1.165, 1.54) is 0 Å². The minimum absolute atomic E-state index is 0.0221. The molecular formula is C19H21N3O2. The standard InChI is InChI=1S/C19H21N3O2/c1-3-16(14-8-5-4-6-9-14)19(23)20-13-15-12-17(22(2)21-15)18-10-7-11-24-18/h4-12,16H,3,13H2,1-2H3,(H,20,23)/t16-/m0/s1. The summed E-state index contributed by atoms with van der Waals surface area (Å²) in [6.45, 7) is 2.42. The molecule has 3 rings (SSSR count). The minimum atomic E-state index is -0.139. The Balaban J connectivity index is 1.67. The van der Waals surface area contributed by atoms with Crippen LogP contribution in [-0.4, -0.2) is 15.7 Å². The molecule has 1 amide bonds. The van der Waals surface area contributed by atoms with Crippen molar-refractivity contribution in [2.45, 2.75) is 25.8 Å². The topological polar surface area (TPSA) is 60.1 Å². The summed E-state index contributed by atoms with van der Waals surface area (Å²) in [6.07, 6.45) is 2.39. The Bertz CT molecular complexity index is 791. The van der Waals surface area contributed by atoms with Crippen LogP contribution in [-0.2, 0) is 18.4 Å². The third kappa shape index (κ3) is 3.40. The van der Waals surface area contributed by atoms with Crippen molar-refractivity contribution >= 4 is 5.91 Å². The highest BCUT2D eigenvalue weighted by Gasteiger charge is 2.18. The van der Waals surface area contributed by atoms with E-state index in [9.17, 15) is 4.79 Å². The number of benzene rings is 1. The van der Waals surface area contributed by atoms with Crippen LogP contribution in [0.25, 0.3) is 11.5 Å². The molecule has 5 nitrogen and oxygen atoms in total. The van der Waals surface area contributed by atoms with E-state index in [-0.39, 0.29) is 11.8 Å². The smallest absolute Gasteiger partial charge is 0.227 e. The van der Waals surface area contributed by atoms with Crippen LogP contribution >= 0.6 is 0 Å². The van der Waals surface area contributed by atoms with E-state index in [1.807, 2.05) is 62.5 Å². The van der Waals surface area contributed by atoms with E-state index in [0.717, 1.165) is 29.1 Å². The molecule has 1 N–H and O–H groups in total. The summed E-state index contributed by atoms with van der Waals surface area (Å²) in [5.41, 5.74) is 2.73. The zero-order valence-electron chi connectivity index (χ0n) is 13.9. The minimum Gasteiger partial charge on any atom is -0.463 e. The molecular weight excluding hydrogens is 302 g/mol. The van der Waals surface area contributed by atoms with Gasteiger partial charge >= 0.3 is 0 Å². The molecule has 0 aliphatic heterocycles. The highest BCUT2D eigenvalue weighted by molar-refractivity contribution is 5.83. The van der Waals surface area contributed by atoms with E-state index in [1.54, 1.807) is 10.9 Å². The normalized spacial score (nSPS) is 12.1. The SMILES string of the molecule is CC[C@H](C(=O)NCc1cc(-c2ccco2)n(C)n1)c1ccccc1. The average molecular weight is 323 g/mol. The fraction of sp³-hybridized carbons (Fsp3) is 0.263. The van der Waals surface area contributed by atoms with E-state index in [2.05, 4.69) is 10.4 Å². The van der Waals surface area contributed by atoms with Crippen LogP contribution in [0.2, 0.25) is 0 Å². The second kappa shape index (κ2) is 7.17. The monoisotopic (exact) mass is 323 g/mol. The van der Waals surface area contributed by atoms with Gasteiger partial charge in [-0.05, 0) is 30.2 Å². The van der Waals surface area contributed by atoms with E-state index < -0.39 is 0 Å². The molecule has 0 saturated heterocycles. The van der Waals surface area contributed by atoms with Crippen LogP contribution in [0, 0.1) is 0 Å². The summed E-state index contributed by atoms with van der Waals surface area (Å²) in [4.78, 5) is 12.5. The molecule has 0 unspecified atom stereocenters. The molecule has 24 heavy (non-hydrogen) atoms. The molecule has 0 fully saturated rings. The lowest BCUT2D eigenvalue weighted by atomic mass is 9.96. The predicted octanol–water partition coefficient (Wildman–Crippen LogP) is 3.49. The summed E-state index contributed by atoms with van der Waals surface area (Å²) >= 11 is 0. The van der Waals surface area contributed by atoms with Crippen molar-refractivity contribution in [2.75, 3.05) is 0 Å². The van der Waals surface area contributed by atoms with Gasteiger partial charge in [-0.3, -0.25) is 9.48 Å². The molecule has 124 valence electrons. The Hall–Kier alpha value is -2.82. The number of furan rings is 1.